The topological polar surface area (TPSA) is 141 Å². The smallest absolute Gasteiger partial charge is 0.352 e. The number of ether oxygens (including phenoxy) is 1. The van der Waals surface area contributed by atoms with Crippen molar-refractivity contribution in [1.29, 1.82) is 0 Å². The molecular weight excluding hydrogens is 545 g/mol. The molecule has 0 bridgehead atoms. The lowest BCUT2D eigenvalue weighted by molar-refractivity contribution is -0.149. The minimum Gasteiger partial charge on any atom is -0.477 e. The first-order chi connectivity index (χ1) is 19.2. The van der Waals surface area contributed by atoms with E-state index in [9.17, 15) is 29.1 Å². The molecule has 1 aromatic heterocycles. The molecule has 4 heterocycles. The molecule has 40 heavy (non-hydrogen) atoms. The predicted octanol–water partition coefficient (Wildman–Crippen LogP) is 0.438. The maximum atomic E-state index is 15.2. The zero-order valence-electron chi connectivity index (χ0n) is 21.9. The summed E-state index contributed by atoms with van der Waals surface area (Å²) in [7, 11) is 2.00. The van der Waals surface area contributed by atoms with E-state index in [2.05, 4.69) is 10.2 Å². The van der Waals surface area contributed by atoms with E-state index in [4.69, 9.17) is 4.74 Å². The molecule has 2 aromatic rings. The van der Waals surface area contributed by atoms with E-state index in [1.807, 2.05) is 18.9 Å². The van der Waals surface area contributed by atoms with Crippen molar-refractivity contribution in [3.63, 3.8) is 0 Å². The number of amides is 2. The fourth-order valence-electron chi connectivity index (χ4n) is 5.21. The molecule has 3 aliphatic rings. The molecule has 12 nitrogen and oxygen atoms in total. The van der Waals surface area contributed by atoms with Crippen molar-refractivity contribution in [1.82, 2.24) is 19.7 Å². The van der Waals surface area contributed by atoms with Gasteiger partial charge in [0.25, 0.3) is 5.91 Å². The highest BCUT2D eigenvalue weighted by molar-refractivity contribution is 8.00. The standard InChI is InChI=1S/C26H28FN5O7S/c1-3-30-10-16(22(34)15-8-17(27)19(9-18(15)30)31-6-4-29(2)5-7-31)26(38)39-11-14-12-40-24-20(28-13-33)23(35)32(24)21(14)25(36)37/h8-10,13,20,24H,3-7,11-12H2,1-2H3,(H,28,33)(H,36,37)/t20-,24-/m1/s1. The molecule has 14 heteroatoms. The van der Waals surface area contributed by atoms with E-state index in [0.717, 1.165) is 24.1 Å². The van der Waals surface area contributed by atoms with E-state index in [1.165, 1.54) is 18.0 Å². The number of β-lactam (4-membered cyclic amide) rings is 1. The van der Waals surface area contributed by atoms with E-state index in [-0.39, 0.29) is 28.0 Å². The van der Waals surface area contributed by atoms with Crippen LogP contribution < -0.4 is 15.6 Å². The number of piperazine rings is 1. The lowest BCUT2D eigenvalue weighted by Gasteiger charge is -2.48. The fraction of sp³-hybridized carbons (Fsp3) is 0.423. The first kappa shape index (κ1) is 27.6. The Morgan fingerprint density at radius 3 is 2.60 bits per heavy atom. The summed E-state index contributed by atoms with van der Waals surface area (Å²) >= 11 is 1.22. The Morgan fingerprint density at radius 1 is 1.23 bits per heavy atom. The predicted molar refractivity (Wildman–Crippen MR) is 145 cm³/mol. The molecule has 2 fully saturated rings. The second-order valence-corrected chi connectivity index (χ2v) is 10.9. The zero-order valence-corrected chi connectivity index (χ0v) is 22.7. The van der Waals surface area contributed by atoms with Crippen LogP contribution in [0.2, 0.25) is 0 Å². The second kappa shape index (κ2) is 10.9. The summed E-state index contributed by atoms with van der Waals surface area (Å²) in [6.45, 7) is 4.61. The number of hydrogen-bond acceptors (Lipinski definition) is 9. The van der Waals surface area contributed by atoms with Gasteiger partial charge in [0.2, 0.25) is 11.8 Å². The number of aryl methyl sites for hydroxylation is 1. The number of aliphatic carboxylic acids is 1. The third kappa shape index (κ3) is 4.70. The molecule has 5 rings (SSSR count). The number of carbonyl (C=O) groups is 4. The number of carboxylic acids is 1. The van der Waals surface area contributed by atoms with Crippen LogP contribution in [0.25, 0.3) is 10.9 Å². The van der Waals surface area contributed by atoms with Gasteiger partial charge in [0, 0.05) is 55.6 Å². The third-order valence-corrected chi connectivity index (χ3v) is 8.77. The molecule has 0 saturated carbocycles. The van der Waals surface area contributed by atoms with Crippen molar-refractivity contribution in [2.24, 2.45) is 0 Å². The number of fused-ring (bicyclic) bond motifs is 2. The van der Waals surface area contributed by atoms with Crippen LogP contribution in [0.3, 0.4) is 0 Å². The number of hydrogen-bond donors (Lipinski definition) is 2. The minimum atomic E-state index is -1.38. The highest BCUT2D eigenvalue weighted by Crippen LogP contribution is 2.40. The largest absolute Gasteiger partial charge is 0.477 e. The van der Waals surface area contributed by atoms with Gasteiger partial charge in [-0.25, -0.2) is 14.0 Å². The molecule has 1 aromatic carbocycles. The van der Waals surface area contributed by atoms with Crippen molar-refractivity contribution >= 4 is 52.6 Å². The van der Waals surface area contributed by atoms with E-state index in [0.29, 0.717) is 37.2 Å². The van der Waals surface area contributed by atoms with Crippen LogP contribution in [0.5, 0.6) is 0 Å². The molecule has 2 amide bonds. The van der Waals surface area contributed by atoms with Crippen molar-refractivity contribution in [3.8, 4) is 0 Å². The summed E-state index contributed by atoms with van der Waals surface area (Å²) in [5.74, 6) is -3.37. The molecule has 212 valence electrons. The molecule has 0 aliphatic carbocycles. The zero-order chi connectivity index (χ0) is 28.7. The summed E-state index contributed by atoms with van der Waals surface area (Å²) in [5, 5.41) is 11.6. The van der Waals surface area contributed by atoms with E-state index < -0.39 is 47.1 Å². The Bertz CT molecular complexity index is 1500. The van der Waals surface area contributed by atoms with Crippen LogP contribution in [0.1, 0.15) is 17.3 Å². The van der Waals surface area contributed by atoms with Gasteiger partial charge in [0.1, 0.15) is 35.1 Å². The second-order valence-electron chi connectivity index (χ2n) is 9.77. The number of esters is 1. The average Bonchev–Trinajstić information content (AvgIpc) is 2.94. The Morgan fingerprint density at radius 2 is 1.95 bits per heavy atom. The highest BCUT2D eigenvalue weighted by Gasteiger charge is 2.53. The number of anilines is 1. The van der Waals surface area contributed by atoms with Crippen LogP contribution in [0, 0.1) is 5.82 Å². The quantitative estimate of drug-likeness (QED) is 0.260. The maximum absolute atomic E-state index is 15.2. The van der Waals surface area contributed by atoms with Crippen molar-refractivity contribution in [2.45, 2.75) is 24.9 Å². The summed E-state index contributed by atoms with van der Waals surface area (Å²) in [6.07, 6.45) is 1.75. The highest BCUT2D eigenvalue weighted by atomic mass is 32.2. The van der Waals surface area contributed by atoms with Crippen LogP contribution in [-0.2, 0) is 25.7 Å². The summed E-state index contributed by atoms with van der Waals surface area (Å²) in [6, 6.07) is 1.95. The van der Waals surface area contributed by atoms with Crippen molar-refractivity contribution in [3.05, 3.63) is 51.2 Å². The molecule has 0 spiro atoms. The Balaban J connectivity index is 1.41. The van der Waals surface area contributed by atoms with Crippen LogP contribution >= 0.6 is 11.8 Å². The molecule has 2 saturated heterocycles. The number of halogens is 1. The number of thioether (sulfide) groups is 1. The van der Waals surface area contributed by atoms with Gasteiger partial charge in [-0.15, -0.1) is 11.8 Å². The molecule has 2 N–H and O–H groups in total. The number of benzene rings is 1. The molecule has 0 radical (unpaired) electrons. The first-order valence-electron chi connectivity index (χ1n) is 12.7. The van der Waals surface area contributed by atoms with Gasteiger partial charge in [-0.1, -0.05) is 0 Å². The summed E-state index contributed by atoms with van der Waals surface area (Å²) in [4.78, 5) is 66.6. The fourth-order valence-corrected chi connectivity index (χ4v) is 6.55. The number of aromatic nitrogens is 1. The molecule has 0 unspecified atom stereocenters. The number of likely N-dealkylation sites (N-methyl/N-ethyl adjacent to an activating group) is 1. The SMILES string of the molecule is CCn1cc(C(=O)OCC2=C(C(=O)O)N3C(=O)[C@@H](NC=O)[C@H]3SC2)c(=O)c2cc(F)c(N3CCN(C)CC3)cc21. The van der Waals surface area contributed by atoms with E-state index in [1.54, 1.807) is 10.6 Å². The Labute approximate surface area is 232 Å². The van der Waals surface area contributed by atoms with Crippen LogP contribution in [-0.4, -0.2) is 101 Å². The average molecular weight is 574 g/mol. The van der Waals surface area contributed by atoms with Crippen LogP contribution in [0.4, 0.5) is 10.1 Å². The number of carbonyl (C=O) groups excluding carboxylic acids is 3. The van der Waals surface area contributed by atoms with Gasteiger partial charge in [-0.05, 0) is 26.1 Å². The van der Waals surface area contributed by atoms with Gasteiger partial charge in [0.15, 0.2) is 0 Å². The van der Waals surface area contributed by atoms with Crippen molar-refractivity contribution in [2.75, 3.05) is 50.5 Å². The lowest BCUT2D eigenvalue weighted by Crippen LogP contribution is -2.69. The monoisotopic (exact) mass is 573 g/mol. The van der Waals surface area contributed by atoms with Gasteiger partial charge in [-0.2, -0.15) is 0 Å². The Hall–Kier alpha value is -3.91. The van der Waals surface area contributed by atoms with Gasteiger partial charge in [-0.3, -0.25) is 19.3 Å². The number of pyridine rings is 1. The minimum absolute atomic E-state index is 0.0353. The normalized spacial score (nSPS) is 21.2. The van der Waals surface area contributed by atoms with Crippen molar-refractivity contribution < 1.29 is 33.4 Å². The molecular formula is C26H28FN5O7S. The number of nitrogens with one attached hydrogen (secondary N) is 1. The van der Waals surface area contributed by atoms with Gasteiger partial charge >= 0.3 is 11.9 Å². The van der Waals surface area contributed by atoms with Gasteiger partial charge in [0.05, 0.1) is 11.2 Å². The summed E-state index contributed by atoms with van der Waals surface area (Å²) in [5.41, 5.74) is -0.257. The van der Waals surface area contributed by atoms with Crippen LogP contribution in [0.15, 0.2) is 34.4 Å². The maximum Gasteiger partial charge on any atom is 0.352 e. The number of carboxylic acid groups (broad SMARTS) is 1. The Kier molecular flexibility index (Phi) is 7.55. The molecule has 2 atom stereocenters. The molecule has 3 aliphatic heterocycles. The first-order valence-corrected chi connectivity index (χ1v) is 13.8. The number of rotatable bonds is 8. The summed E-state index contributed by atoms with van der Waals surface area (Å²) < 4.78 is 22.2. The van der Waals surface area contributed by atoms with Gasteiger partial charge < -0.3 is 29.5 Å². The van der Waals surface area contributed by atoms with E-state index >= 15 is 4.39 Å². The number of nitrogens with zero attached hydrogens (tertiary/aromatic N) is 4. The third-order valence-electron chi connectivity index (χ3n) is 7.43. The lowest BCUT2D eigenvalue weighted by atomic mass is 10.0.